The third-order valence-corrected chi connectivity index (χ3v) is 12.3. The number of aromatic hydroxyl groups is 1. The summed E-state index contributed by atoms with van der Waals surface area (Å²) in [4.78, 5) is 4.84. The highest BCUT2D eigenvalue weighted by molar-refractivity contribution is 6.81. The normalized spacial score (nSPS) is 22.5. The Labute approximate surface area is 130 Å². The van der Waals surface area contributed by atoms with Gasteiger partial charge >= 0.3 is 0 Å². The number of phenolic OH excluding ortho intramolecular Hbond substituents is 1. The summed E-state index contributed by atoms with van der Waals surface area (Å²) >= 11 is 0. The summed E-state index contributed by atoms with van der Waals surface area (Å²) < 4.78 is 0. The second-order valence-electron chi connectivity index (χ2n) is 6.47. The van der Waals surface area contributed by atoms with Crippen LogP contribution in [0.4, 0.5) is 0 Å². The molecule has 1 aliphatic carbocycles. The molecule has 0 amide bonds. The zero-order valence-corrected chi connectivity index (χ0v) is 14.9. The Morgan fingerprint density at radius 3 is 2.38 bits per heavy atom. The maximum absolute atomic E-state index is 10.1. The van der Waals surface area contributed by atoms with Gasteiger partial charge in [-0.25, -0.2) is 0 Å². The van der Waals surface area contributed by atoms with Gasteiger partial charge in [-0.2, -0.15) is 0 Å². The van der Waals surface area contributed by atoms with E-state index >= 15 is 0 Å². The van der Waals surface area contributed by atoms with Gasteiger partial charge in [0.1, 0.15) is 5.75 Å². The quantitative estimate of drug-likeness (QED) is 0.571. The van der Waals surface area contributed by atoms with Crippen LogP contribution in [-0.4, -0.2) is 25.4 Å². The number of aliphatic imine (C=N–C) groups is 1. The highest BCUT2D eigenvalue weighted by Crippen LogP contribution is 2.48. The van der Waals surface area contributed by atoms with Crippen molar-refractivity contribution in [2.24, 2.45) is 4.99 Å². The van der Waals surface area contributed by atoms with Crippen molar-refractivity contribution < 1.29 is 5.11 Å². The van der Waals surface area contributed by atoms with Crippen LogP contribution in [0.2, 0.25) is 23.7 Å². The van der Waals surface area contributed by atoms with Gasteiger partial charge in [0.15, 0.2) is 0 Å². The molecule has 2 atom stereocenters. The number of phenols is 1. The minimum atomic E-state index is -1.14. The van der Waals surface area contributed by atoms with Crippen LogP contribution in [0.25, 0.3) is 0 Å². The van der Waals surface area contributed by atoms with Crippen LogP contribution in [-0.2, 0) is 0 Å². The number of hydrogen-bond donors (Lipinski definition) is 1. The van der Waals surface area contributed by atoms with Crippen molar-refractivity contribution in [3.8, 4) is 5.75 Å². The molecule has 2 rings (SSSR count). The molecular weight excluding hydrogens is 274 g/mol. The van der Waals surface area contributed by atoms with Gasteiger partial charge in [0.05, 0.1) is 14.1 Å². The van der Waals surface area contributed by atoms with Crippen LogP contribution in [0.3, 0.4) is 0 Å². The molecule has 1 N–H and O–H groups in total. The number of aryl methyl sites for hydroxylation is 1. The molecule has 21 heavy (non-hydrogen) atoms. The minimum absolute atomic E-state index is 0.377. The van der Waals surface area contributed by atoms with Crippen LogP contribution >= 0.6 is 0 Å². The third-order valence-electron chi connectivity index (χ3n) is 5.81. The maximum atomic E-state index is 10.1. The molecule has 0 spiro atoms. The molecule has 116 valence electrons. The Balaban J connectivity index is 2.13. The van der Waals surface area contributed by atoms with E-state index in [1.165, 1.54) is 31.0 Å². The number of hydrogen-bond acceptors (Lipinski definition) is 2. The van der Waals surface area contributed by atoms with E-state index < -0.39 is 8.07 Å². The van der Waals surface area contributed by atoms with Crippen molar-refractivity contribution in [1.82, 2.24) is 0 Å². The van der Waals surface area contributed by atoms with Crippen LogP contribution < -0.4 is 0 Å². The van der Waals surface area contributed by atoms with Crippen molar-refractivity contribution in [1.29, 1.82) is 0 Å². The van der Waals surface area contributed by atoms with Gasteiger partial charge in [0, 0.05) is 11.8 Å². The summed E-state index contributed by atoms with van der Waals surface area (Å²) in [6.07, 6.45) is 4.49. The first-order valence-corrected chi connectivity index (χ1v) is 11.1. The van der Waals surface area contributed by atoms with Gasteiger partial charge in [-0.3, -0.25) is 4.99 Å². The number of benzene rings is 1. The fraction of sp³-hybridized carbons (Fsp3) is 0.611. The summed E-state index contributed by atoms with van der Waals surface area (Å²) in [5.41, 5.74) is 2.63. The molecule has 0 aromatic heterocycles. The Morgan fingerprint density at radius 2 is 1.86 bits per heavy atom. The summed E-state index contributed by atoms with van der Waals surface area (Å²) in [7, 11) is -1.14. The summed E-state index contributed by atoms with van der Waals surface area (Å²) in [6, 6.07) is 10.5. The lowest BCUT2D eigenvalue weighted by atomic mass is 9.92. The maximum Gasteiger partial charge on any atom is 0.127 e. The number of para-hydroxylation sites is 1. The van der Waals surface area contributed by atoms with Crippen molar-refractivity contribution in [3.63, 3.8) is 0 Å². The lowest BCUT2D eigenvalue weighted by Gasteiger charge is -2.47. The summed E-state index contributed by atoms with van der Waals surface area (Å²) in [5.74, 6) is 0.377. The van der Waals surface area contributed by atoms with E-state index in [1.807, 2.05) is 31.3 Å². The van der Waals surface area contributed by atoms with Crippen LogP contribution in [0.15, 0.2) is 23.2 Å². The Morgan fingerprint density at radius 1 is 1.19 bits per heavy atom. The predicted octanol–water partition coefficient (Wildman–Crippen LogP) is 5.16. The second-order valence-corrected chi connectivity index (χ2v) is 12.1. The van der Waals surface area contributed by atoms with Gasteiger partial charge in [-0.05, 0) is 36.9 Å². The topological polar surface area (TPSA) is 32.6 Å². The van der Waals surface area contributed by atoms with Crippen LogP contribution in [0, 0.1) is 6.92 Å². The average molecular weight is 304 g/mol. The summed E-state index contributed by atoms with van der Waals surface area (Å²) in [5, 5.41) is 10.1. The Kier molecular flexibility index (Phi) is 5.25. The average Bonchev–Trinajstić information content (AvgIpc) is 2.48. The first kappa shape index (κ1) is 16.3. The highest BCUT2D eigenvalue weighted by atomic mass is 28.3. The molecular formula is C18H29NOSi. The van der Waals surface area contributed by atoms with E-state index in [0.717, 1.165) is 16.7 Å². The smallest absolute Gasteiger partial charge is 0.127 e. The Bertz CT molecular complexity index is 500. The van der Waals surface area contributed by atoms with E-state index in [2.05, 4.69) is 20.8 Å². The van der Waals surface area contributed by atoms with Gasteiger partial charge in [-0.15, -0.1) is 0 Å². The van der Waals surface area contributed by atoms with Gasteiger partial charge in [-0.1, -0.05) is 51.0 Å². The van der Waals surface area contributed by atoms with E-state index in [9.17, 15) is 5.11 Å². The number of rotatable bonds is 6. The van der Waals surface area contributed by atoms with Gasteiger partial charge < -0.3 is 5.11 Å². The van der Waals surface area contributed by atoms with E-state index in [0.29, 0.717) is 11.8 Å². The van der Waals surface area contributed by atoms with Crippen molar-refractivity contribution in [3.05, 3.63) is 29.3 Å². The molecule has 3 heteroatoms. The Hall–Kier alpha value is -1.09. The molecule has 1 fully saturated rings. The van der Waals surface area contributed by atoms with Crippen LogP contribution in [0.1, 0.15) is 44.7 Å². The van der Waals surface area contributed by atoms with Gasteiger partial charge in [0.2, 0.25) is 0 Å². The largest absolute Gasteiger partial charge is 0.507 e. The third kappa shape index (κ3) is 3.08. The molecule has 1 aliphatic rings. The lowest BCUT2D eigenvalue weighted by molar-refractivity contribution is 0.403. The zero-order valence-electron chi connectivity index (χ0n) is 13.9. The van der Waals surface area contributed by atoms with Gasteiger partial charge in [0.25, 0.3) is 0 Å². The number of nitrogens with zero attached hydrogens (tertiary/aromatic N) is 1. The van der Waals surface area contributed by atoms with Crippen molar-refractivity contribution in [2.75, 3.05) is 0 Å². The first-order chi connectivity index (χ1) is 10.1. The second kappa shape index (κ2) is 6.78. The molecule has 1 aromatic carbocycles. The SMILES string of the molecule is CC[Si](CC)(CC)C1CCC1N=Cc1cccc(C)c1O. The first-order valence-electron chi connectivity index (χ1n) is 8.39. The standard InChI is InChI=1S/C18H29NOSi/c1-5-21(6-2,7-3)17-12-11-16(17)19-13-15-10-8-9-14(4)18(15)20/h8-10,13,16-17,20H,5-7,11-12H2,1-4H3. The highest BCUT2D eigenvalue weighted by Gasteiger charge is 2.45. The van der Waals surface area contributed by atoms with Crippen molar-refractivity contribution >= 4 is 14.3 Å². The molecule has 1 saturated carbocycles. The predicted molar refractivity (Wildman–Crippen MR) is 94.4 cm³/mol. The monoisotopic (exact) mass is 303 g/mol. The molecule has 0 radical (unpaired) electrons. The minimum Gasteiger partial charge on any atom is -0.507 e. The molecule has 0 saturated heterocycles. The van der Waals surface area contributed by atoms with E-state index in [4.69, 9.17) is 4.99 Å². The van der Waals surface area contributed by atoms with Crippen molar-refractivity contribution in [2.45, 2.75) is 70.3 Å². The fourth-order valence-electron chi connectivity index (χ4n) is 3.87. The zero-order chi connectivity index (χ0) is 15.5. The summed E-state index contributed by atoms with van der Waals surface area (Å²) in [6.45, 7) is 9.07. The molecule has 2 unspecified atom stereocenters. The molecule has 0 heterocycles. The lowest BCUT2D eigenvalue weighted by Crippen LogP contribution is -2.47. The van der Waals surface area contributed by atoms with E-state index in [-0.39, 0.29) is 0 Å². The van der Waals surface area contributed by atoms with Crippen LogP contribution in [0.5, 0.6) is 5.75 Å². The molecule has 1 aromatic rings. The fourth-order valence-corrected chi connectivity index (χ4v) is 8.79. The molecule has 0 bridgehead atoms. The molecule has 0 aliphatic heterocycles. The van der Waals surface area contributed by atoms with E-state index in [1.54, 1.807) is 0 Å². The molecule has 2 nitrogen and oxygen atoms in total.